The molecular formula is C20H30Cl2N4O4S. The van der Waals surface area contributed by atoms with Crippen molar-refractivity contribution in [3.8, 4) is 5.75 Å². The highest BCUT2D eigenvalue weighted by atomic mass is 35.5. The number of piperidine rings is 1. The van der Waals surface area contributed by atoms with Gasteiger partial charge in [0.15, 0.2) is 15.7 Å². The maximum absolute atomic E-state index is 11.6. The van der Waals surface area contributed by atoms with Crippen LogP contribution in [0.3, 0.4) is 0 Å². The zero-order chi connectivity index (χ0) is 21.9. The Kier molecular flexibility index (Phi) is 9.00. The first-order valence-corrected chi connectivity index (χ1v) is 12.3. The lowest BCUT2D eigenvalue weighted by Gasteiger charge is -2.35. The van der Waals surface area contributed by atoms with Crippen LogP contribution in [0.4, 0.5) is 6.01 Å². The summed E-state index contributed by atoms with van der Waals surface area (Å²) in [5.41, 5.74) is 0. The second-order valence-corrected chi connectivity index (χ2v) is 10.4. The van der Waals surface area contributed by atoms with E-state index in [1.165, 1.54) is 6.07 Å². The fourth-order valence-corrected chi connectivity index (χ4v) is 4.77. The number of likely N-dealkylation sites (N-methyl/N-ethyl adjacent to an activating group) is 1. The third-order valence-corrected chi connectivity index (χ3v) is 6.90. The molecule has 0 N–H and O–H groups in total. The van der Waals surface area contributed by atoms with Crippen LogP contribution in [-0.4, -0.2) is 69.0 Å². The van der Waals surface area contributed by atoms with Crippen LogP contribution < -0.4 is 9.64 Å². The van der Waals surface area contributed by atoms with Crippen LogP contribution in [0, 0.1) is 0 Å². The Balaban J connectivity index is 0.00000341. The van der Waals surface area contributed by atoms with Gasteiger partial charge in [-0.05, 0) is 32.0 Å². The van der Waals surface area contributed by atoms with Gasteiger partial charge in [-0.2, -0.15) is 4.98 Å². The van der Waals surface area contributed by atoms with Gasteiger partial charge in [0.25, 0.3) is 0 Å². The number of nitrogens with zero attached hydrogens (tertiary/aromatic N) is 4. The summed E-state index contributed by atoms with van der Waals surface area (Å²) in [5.74, 6) is 1.56. The molecule has 0 spiro atoms. The number of anilines is 1. The zero-order valence-corrected chi connectivity index (χ0v) is 20.6. The molecule has 1 aliphatic rings. The molecule has 0 radical (unpaired) electrons. The first-order valence-electron chi connectivity index (χ1n) is 10.1. The SMILES string of the molecule is CC(C)c1noc(N2CCC(N(C)CCOc3ccc(S(C)(=O)=O)c(Cl)c3)CC2)n1.Cl. The molecule has 174 valence electrons. The molecular weight excluding hydrogens is 463 g/mol. The Morgan fingerprint density at radius 3 is 2.55 bits per heavy atom. The van der Waals surface area contributed by atoms with E-state index in [9.17, 15) is 8.42 Å². The van der Waals surface area contributed by atoms with E-state index in [1.54, 1.807) is 12.1 Å². The molecule has 0 saturated carbocycles. The van der Waals surface area contributed by atoms with E-state index < -0.39 is 9.84 Å². The van der Waals surface area contributed by atoms with Crippen LogP contribution in [0.5, 0.6) is 5.75 Å². The quantitative estimate of drug-likeness (QED) is 0.551. The summed E-state index contributed by atoms with van der Waals surface area (Å²) in [4.78, 5) is 9.03. The largest absolute Gasteiger partial charge is 0.492 e. The number of ether oxygens (including phenoxy) is 1. The molecule has 2 aromatic rings. The van der Waals surface area contributed by atoms with Gasteiger partial charge in [-0.3, -0.25) is 4.90 Å². The minimum Gasteiger partial charge on any atom is -0.492 e. The maximum Gasteiger partial charge on any atom is 0.324 e. The average Bonchev–Trinajstić information content (AvgIpc) is 3.18. The third-order valence-electron chi connectivity index (χ3n) is 5.32. The highest BCUT2D eigenvalue weighted by Gasteiger charge is 2.25. The van der Waals surface area contributed by atoms with Gasteiger partial charge in [0.05, 0.1) is 9.92 Å². The van der Waals surface area contributed by atoms with Crippen LogP contribution in [0.2, 0.25) is 5.02 Å². The first kappa shape index (κ1) is 25.7. The molecule has 11 heteroatoms. The average molecular weight is 493 g/mol. The van der Waals surface area contributed by atoms with Gasteiger partial charge >= 0.3 is 6.01 Å². The van der Waals surface area contributed by atoms with Crippen molar-refractivity contribution in [3.05, 3.63) is 29.0 Å². The predicted octanol–water partition coefficient (Wildman–Crippen LogP) is 3.65. The van der Waals surface area contributed by atoms with Crippen molar-refractivity contribution in [2.75, 3.05) is 44.4 Å². The molecule has 0 amide bonds. The fourth-order valence-electron chi connectivity index (χ4n) is 3.45. The second-order valence-electron chi connectivity index (χ2n) is 8.00. The molecule has 0 bridgehead atoms. The fraction of sp³-hybridized carbons (Fsp3) is 0.600. The van der Waals surface area contributed by atoms with Gasteiger partial charge in [-0.15, -0.1) is 12.4 Å². The van der Waals surface area contributed by atoms with E-state index in [0.29, 0.717) is 24.4 Å². The van der Waals surface area contributed by atoms with Crippen LogP contribution in [0.25, 0.3) is 0 Å². The van der Waals surface area contributed by atoms with Crippen molar-refractivity contribution in [2.45, 2.75) is 43.5 Å². The molecule has 8 nitrogen and oxygen atoms in total. The Morgan fingerprint density at radius 1 is 1.32 bits per heavy atom. The molecule has 1 aliphatic heterocycles. The number of halogens is 2. The van der Waals surface area contributed by atoms with E-state index in [0.717, 1.165) is 44.6 Å². The summed E-state index contributed by atoms with van der Waals surface area (Å²) in [5, 5.41) is 4.22. The summed E-state index contributed by atoms with van der Waals surface area (Å²) in [6.45, 7) is 7.09. The lowest BCUT2D eigenvalue weighted by Crippen LogP contribution is -2.44. The van der Waals surface area contributed by atoms with Crippen molar-refractivity contribution in [1.29, 1.82) is 0 Å². The summed E-state index contributed by atoms with van der Waals surface area (Å²) >= 11 is 6.07. The number of rotatable bonds is 8. The summed E-state index contributed by atoms with van der Waals surface area (Å²) in [7, 11) is -1.25. The number of sulfone groups is 1. The Morgan fingerprint density at radius 2 is 2.00 bits per heavy atom. The van der Waals surface area contributed by atoms with Crippen molar-refractivity contribution in [3.63, 3.8) is 0 Å². The van der Waals surface area contributed by atoms with Gasteiger partial charge in [0, 0.05) is 43.9 Å². The van der Waals surface area contributed by atoms with Crippen LogP contribution in [0.1, 0.15) is 38.4 Å². The Labute approximate surface area is 195 Å². The molecule has 31 heavy (non-hydrogen) atoms. The lowest BCUT2D eigenvalue weighted by molar-refractivity contribution is 0.169. The molecule has 0 atom stereocenters. The van der Waals surface area contributed by atoms with Gasteiger partial charge in [0.2, 0.25) is 0 Å². The van der Waals surface area contributed by atoms with Crippen LogP contribution >= 0.6 is 24.0 Å². The van der Waals surface area contributed by atoms with Crippen molar-refractivity contribution in [2.24, 2.45) is 0 Å². The Hall–Kier alpha value is -1.55. The molecule has 3 rings (SSSR count). The number of benzene rings is 1. The first-order chi connectivity index (χ1) is 14.1. The molecule has 1 aromatic heterocycles. The monoisotopic (exact) mass is 492 g/mol. The minimum atomic E-state index is -3.34. The molecule has 0 unspecified atom stereocenters. The zero-order valence-electron chi connectivity index (χ0n) is 18.2. The summed E-state index contributed by atoms with van der Waals surface area (Å²) < 4.78 is 34.4. The summed E-state index contributed by atoms with van der Waals surface area (Å²) in [6.07, 6.45) is 3.15. The highest BCUT2D eigenvalue weighted by Crippen LogP contribution is 2.26. The minimum absolute atomic E-state index is 0. The lowest BCUT2D eigenvalue weighted by atomic mass is 10.0. The predicted molar refractivity (Wildman–Crippen MR) is 124 cm³/mol. The van der Waals surface area contributed by atoms with E-state index >= 15 is 0 Å². The highest BCUT2D eigenvalue weighted by molar-refractivity contribution is 7.90. The molecule has 1 fully saturated rings. The maximum atomic E-state index is 11.6. The van der Waals surface area contributed by atoms with E-state index in [1.807, 2.05) is 13.8 Å². The van der Waals surface area contributed by atoms with E-state index in [-0.39, 0.29) is 28.2 Å². The standard InChI is InChI=1S/C20H29ClN4O4S.ClH/c1-14(2)19-22-20(29-23-19)25-9-7-15(8-10-25)24(3)11-12-28-16-5-6-18(17(21)13-16)30(4,26)27;/h5-6,13-15H,7-12H2,1-4H3;1H. The smallest absolute Gasteiger partial charge is 0.324 e. The number of hydrogen-bond donors (Lipinski definition) is 0. The number of hydrogen-bond acceptors (Lipinski definition) is 8. The Bertz CT molecular complexity index is 960. The summed E-state index contributed by atoms with van der Waals surface area (Å²) in [6, 6.07) is 5.73. The van der Waals surface area contributed by atoms with Crippen molar-refractivity contribution >= 4 is 39.9 Å². The molecule has 2 heterocycles. The van der Waals surface area contributed by atoms with Crippen molar-refractivity contribution in [1.82, 2.24) is 15.0 Å². The third kappa shape index (κ3) is 6.71. The van der Waals surface area contributed by atoms with Gasteiger partial charge in [-0.25, -0.2) is 8.42 Å². The molecule has 1 saturated heterocycles. The normalized spacial score (nSPS) is 15.4. The molecule has 0 aliphatic carbocycles. The topological polar surface area (TPSA) is 88.8 Å². The van der Waals surface area contributed by atoms with Gasteiger partial charge < -0.3 is 14.2 Å². The van der Waals surface area contributed by atoms with E-state index in [2.05, 4.69) is 27.0 Å². The molecule has 1 aromatic carbocycles. The number of aromatic nitrogens is 2. The van der Waals surface area contributed by atoms with Gasteiger partial charge in [0.1, 0.15) is 12.4 Å². The van der Waals surface area contributed by atoms with Gasteiger partial charge in [-0.1, -0.05) is 30.6 Å². The van der Waals surface area contributed by atoms with Crippen LogP contribution in [-0.2, 0) is 9.84 Å². The van der Waals surface area contributed by atoms with Crippen molar-refractivity contribution < 1.29 is 17.7 Å². The second kappa shape index (κ2) is 10.8. The van der Waals surface area contributed by atoms with Crippen LogP contribution in [0.15, 0.2) is 27.6 Å². The van der Waals surface area contributed by atoms with E-state index in [4.69, 9.17) is 20.9 Å².